The van der Waals surface area contributed by atoms with Crippen LogP contribution in [0.4, 0.5) is 5.69 Å². The maximum atomic E-state index is 14.9. The Labute approximate surface area is 776 Å². The smallest absolute Gasteiger partial charge is 0.326 e. The number of carboxylic acids is 1. The average Bonchev–Trinajstić information content (AvgIpc) is 1.81. The minimum Gasteiger partial charge on any atom is -0.508 e. The zero-order valence-electron chi connectivity index (χ0n) is 74.1. The number of aliphatic carboxylic acids is 1. The van der Waals surface area contributed by atoms with Crippen molar-refractivity contribution in [3.8, 4) is 5.75 Å². The Bertz CT molecular complexity index is 4770. The van der Waals surface area contributed by atoms with Gasteiger partial charge in [-0.05, 0) is 119 Å². The number of likely N-dealkylation sites (tertiary alicyclic amines) is 2. The number of aromatic nitrogens is 2. The van der Waals surface area contributed by atoms with Gasteiger partial charge in [0.25, 0.3) is 0 Å². The van der Waals surface area contributed by atoms with Crippen LogP contribution in [-0.2, 0) is 117 Å². The molecule has 30 N–H and O–H groups in total. The predicted octanol–water partition coefficient (Wildman–Crippen LogP) is -8.07. The first-order valence-corrected chi connectivity index (χ1v) is 43.9. The van der Waals surface area contributed by atoms with Gasteiger partial charge in [0.15, 0.2) is 5.96 Å². The molecule has 4 aromatic rings. The lowest BCUT2D eigenvalue weighted by Crippen LogP contribution is -2.64. The highest BCUT2D eigenvalue weighted by molar-refractivity contribution is 7.81. The third kappa shape index (κ3) is 36.5. The minimum absolute atomic E-state index is 0.0263. The van der Waals surface area contributed by atoms with Crippen LogP contribution < -0.4 is 109 Å². The van der Waals surface area contributed by atoms with E-state index < -0.39 is 240 Å². The average molecular weight is 1900 g/mol. The fraction of sp³-hybridized carbons (Fsp3) is 0.512. The van der Waals surface area contributed by atoms with E-state index >= 15 is 0 Å². The number of phenols is 1. The van der Waals surface area contributed by atoms with E-state index in [1.807, 2.05) is 0 Å². The summed E-state index contributed by atoms with van der Waals surface area (Å²) in [5, 5.41) is 65.4. The monoisotopic (exact) mass is 1900 g/mol. The van der Waals surface area contributed by atoms with Crippen LogP contribution in [0.15, 0.2) is 96.4 Å². The Kier molecular flexibility index (Phi) is 43.0. The number of nitrogens with zero attached hydrogens (tertiary/aromatic N) is 4. The van der Waals surface area contributed by atoms with Crippen LogP contribution >= 0.6 is 25.3 Å². The van der Waals surface area contributed by atoms with Gasteiger partial charge in [-0.25, -0.2) is 9.78 Å². The Morgan fingerprint density at radius 3 is 1.62 bits per heavy atom. The third-order valence-corrected chi connectivity index (χ3v) is 21.8. The second-order valence-electron chi connectivity index (χ2n) is 33.0. The zero-order chi connectivity index (χ0) is 98.5. The molecule has 133 heavy (non-hydrogen) atoms. The molecule has 3 heterocycles. The first kappa shape index (κ1) is 108. The molecule has 2 aliphatic heterocycles. The highest BCUT2D eigenvalue weighted by Crippen LogP contribution is 2.24. The Balaban J connectivity index is 1.09. The Morgan fingerprint density at radius 2 is 1.04 bits per heavy atom. The SMILES string of the molecule is CC(C)C[C@H](NC(=O)CNC(=O)CNC(=O)[C@H](Cc1ccc(N)cc1)NC(=O)[C@H](Cc1cnc[nH]1)NC(=O)CNC(=O)[C@@H](NC(=O)[C@H](NC(=O)[C@H](Cc1ccccc1)NC(=O)[C@H](CCCN=C(N)N)NC(=O)[C@@H](N)CCC(N)=O)C(C)(C)S)[C@@H](C)O)C(=O)N[C@@H](Cc1ccc(O)cc1)C(=O)N1CCC[C@H]1C(=O)N[C@H](CS)C(=O)N[C@@H](CC(N)=O)C(=O)NCC(=O)N1CCC[C@H]1C(=O)O. The number of thiol groups is 2. The molecule has 2 aliphatic rings. The van der Waals surface area contributed by atoms with Gasteiger partial charge >= 0.3 is 5.97 Å². The summed E-state index contributed by atoms with van der Waals surface area (Å²) in [6.07, 6.45) is -0.354. The molecule has 2 fully saturated rings. The number of phenolic OH excluding ortho intramolecular Hbond substituents is 1. The number of hydrogen-bond acceptors (Lipinski definition) is 27. The number of guanidine groups is 1. The molecule has 47 nitrogen and oxygen atoms in total. The van der Waals surface area contributed by atoms with Gasteiger partial charge < -0.3 is 139 Å². The second kappa shape index (κ2) is 53.0. The molecule has 0 bridgehead atoms. The normalized spacial score (nSPS) is 16.2. The van der Waals surface area contributed by atoms with Crippen molar-refractivity contribution in [2.45, 2.75) is 214 Å². The van der Waals surface area contributed by atoms with Crippen molar-refractivity contribution < 1.29 is 106 Å². The number of primary amides is 2. The number of rotatable bonds is 53. The standard InChI is InChI=1S/C84H121N25O22S2/c1-43(2)30-53(74(122)104-58(33-47-19-23-50(111)24-20-47)81(129)109-29-10-15-60(109)78(126)105-59(41-132)77(125)103-57(35-63(88)113)72(120)96-40-67(117)108-28-11-16-61(108)82(130)131)98-65(115)38-93-64(114)37-94-71(119)54(32-46-17-21-48(85)22-18-46)101-75(123)56(34-49-36-91-42-97-49)99-66(116)39-95-79(127)68(44(3)110)106-80(128)69(84(4,5)133)107-76(124)55(31-45-12-7-6-8-13-45)102-73(121)52(14-9-27-92-83(89)90)100-70(118)51(86)25-26-62(87)112/h6-8,12-13,17-24,36,42-44,51-61,68-69,110-111,132-133H,9-11,14-16,25-35,37-41,85-86H2,1-5H3,(H2,87,112)(H2,88,113)(H,91,97)(H,93,114)(H,94,119)(H,95,127)(H,96,120)(H,98,115)(H,99,116)(H,100,118)(H,101,123)(H,102,121)(H,103,125)(H,104,122)(H,105,126)(H,106,128)(H,107,124)(H,130,131)(H4,89,90,92)/t44-,51+,52+,53+,54+,55+,56+,57+,58+,59-,60+,61+,68+,69+/m1/s1. The number of nitrogens with one attached hydrogen (secondary N) is 15. The van der Waals surface area contributed by atoms with Crippen LogP contribution in [0.1, 0.15) is 121 Å². The largest absolute Gasteiger partial charge is 0.508 e. The first-order chi connectivity index (χ1) is 62.8. The van der Waals surface area contributed by atoms with Crippen LogP contribution in [0, 0.1) is 5.92 Å². The quantitative estimate of drug-likeness (QED) is 0.00642. The van der Waals surface area contributed by atoms with E-state index in [9.17, 15) is 106 Å². The summed E-state index contributed by atoms with van der Waals surface area (Å²) >= 11 is 8.82. The molecular weight excluding hydrogens is 1780 g/mol. The van der Waals surface area contributed by atoms with Crippen molar-refractivity contribution in [1.29, 1.82) is 0 Å². The zero-order valence-corrected chi connectivity index (χ0v) is 75.9. The number of hydrogen-bond donors (Lipinski definition) is 26. The van der Waals surface area contributed by atoms with Crippen molar-refractivity contribution >= 4 is 149 Å². The van der Waals surface area contributed by atoms with Gasteiger partial charge in [-0.1, -0.05) is 68.4 Å². The molecule has 18 amide bonds. The second-order valence-corrected chi connectivity index (χ2v) is 34.5. The number of H-pyrrole nitrogens is 1. The summed E-state index contributed by atoms with van der Waals surface area (Å²) in [5.74, 6) is -19.2. The summed E-state index contributed by atoms with van der Waals surface area (Å²) in [4.78, 5) is 272. The van der Waals surface area contributed by atoms with E-state index in [-0.39, 0.29) is 120 Å². The number of aromatic hydroxyl groups is 1. The number of benzene rings is 3. The molecule has 0 spiro atoms. The van der Waals surface area contributed by atoms with Crippen LogP contribution in [0.2, 0.25) is 0 Å². The molecule has 0 radical (unpaired) electrons. The molecule has 0 saturated carbocycles. The molecule has 1 aromatic heterocycles. The summed E-state index contributed by atoms with van der Waals surface area (Å²) in [6.45, 7) is 4.36. The van der Waals surface area contributed by atoms with E-state index in [1.54, 1.807) is 56.3 Å². The Hall–Kier alpha value is -13.7. The highest BCUT2D eigenvalue weighted by Gasteiger charge is 2.44. The number of aromatic amines is 1. The minimum atomic E-state index is -1.86. The number of amides is 18. The topological polar surface area (TPSA) is 757 Å². The first-order valence-electron chi connectivity index (χ1n) is 42.8. The van der Waals surface area contributed by atoms with Crippen molar-refractivity contribution in [2.75, 3.05) is 57.3 Å². The maximum Gasteiger partial charge on any atom is 0.326 e. The lowest BCUT2D eigenvalue weighted by atomic mass is 9.99. The lowest BCUT2D eigenvalue weighted by Gasteiger charge is -2.33. The number of imidazole rings is 1. The van der Waals surface area contributed by atoms with Crippen LogP contribution in [-0.4, -0.2) is 294 Å². The van der Waals surface area contributed by atoms with E-state index in [1.165, 1.54) is 67.7 Å². The van der Waals surface area contributed by atoms with Crippen molar-refractivity contribution in [2.24, 2.45) is 39.6 Å². The van der Waals surface area contributed by atoms with Crippen LogP contribution in [0.3, 0.4) is 0 Å². The van der Waals surface area contributed by atoms with E-state index in [0.717, 1.165) is 11.8 Å². The van der Waals surface area contributed by atoms with Gasteiger partial charge in [0.05, 0.1) is 51.1 Å². The van der Waals surface area contributed by atoms with Gasteiger partial charge in [0.1, 0.15) is 78.3 Å². The predicted molar refractivity (Wildman–Crippen MR) is 485 cm³/mol. The number of carbonyl (C=O) groups excluding carboxylic acids is 18. The van der Waals surface area contributed by atoms with E-state index in [2.05, 4.69) is 115 Å². The van der Waals surface area contributed by atoms with Crippen LogP contribution in [0.25, 0.3) is 0 Å². The molecule has 3 aromatic carbocycles. The summed E-state index contributed by atoms with van der Waals surface area (Å²) < 4.78 is -1.48. The Morgan fingerprint density at radius 1 is 0.534 bits per heavy atom. The lowest BCUT2D eigenvalue weighted by molar-refractivity contribution is -0.148. The number of anilines is 1. The number of nitrogen functional groups attached to an aromatic ring is 1. The molecule has 14 atom stereocenters. The molecule has 6 rings (SSSR count). The van der Waals surface area contributed by atoms with Gasteiger partial charge in [-0.2, -0.15) is 25.3 Å². The number of carbonyl (C=O) groups is 19. The third-order valence-electron chi connectivity index (χ3n) is 21.1. The van der Waals surface area contributed by atoms with Gasteiger partial charge in [-0.15, -0.1) is 0 Å². The van der Waals surface area contributed by atoms with Gasteiger partial charge in [0, 0.05) is 79.8 Å². The van der Waals surface area contributed by atoms with Crippen molar-refractivity contribution in [3.05, 3.63) is 114 Å². The number of aliphatic imine (C=N–C) groups is 1. The molecule has 726 valence electrons. The molecule has 0 unspecified atom stereocenters. The molecular formula is C84H121N25O22S2. The summed E-state index contributed by atoms with van der Waals surface area (Å²) in [5.41, 5.74) is 35.6. The molecule has 2 saturated heterocycles. The number of aliphatic hydroxyl groups excluding tert-OH is 1. The number of carboxylic acid groups (broad SMARTS) is 1. The van der Waals surface area contributed by atoms with Gasteiger partial charge in [-0.3, -0.25) is 91.3 Å². The number of aliphatic hydroxyl groups is 1. The number of nitrogens with two attached hydrogens (primary N) is 6. The van der Waals surface area contributed by atoms with Crippen LogP contribution in [0.5, 0.6) is 5.75 Å². The van der Waals surface area contributed by atoms with Crippen molar-refractivity contribution in [3.63, 3.8) is 0 Å². The fourth-order valence-electron chi connectivity index (χ4n) is 14.2. The van der Waals surface area contributed by atoms with E-state index in [4.69, 9.17) is 34.4 Å². The maximum absolute atomic E-state index is 14.9. The highest BCUT2D eigenvalue weighted by atomic mass is 32.1. The summed E-state index contributed by atoms with van der Waals surface area (Å²) in [7, 11) is 0. The van der Waals surface area contributed by atoms with E-state index in [0.29, 0.717) is 28.8 Å². The molecule has 49 heteroatoms. The van der Waals surface area contributed by atoms with Gasteiger partial charge in [0.2, 0.25) is 106 Å². The van der Waals surface area contributed by atoms with Crippen molar-refractivity contribution in [1.82, 2.24) is 94.2 Å². The molecule has 0 aliphatic carbocycles. The summed E-state index contributed by atoms with van der Waals surface area (Å²) in [6, 6.07) is 0.909. The fourth-order valence-corrected chi connectivity index (χ4v) is 14.6.